The van der Waals surface area contributed by atoms with Gasteiger partial charge in [0.15, 0.2) is 0 Å². The van der Waals surface area contributed by atoms with Crippen molar-refractivity contribution in [2.45, 2.75) is 13.0 Å². The molecule has 0 atom stereocenters. The number of fused-ring (bicyclic) bond motifs is 1. The fraction of sp³-hybridized carbons (Fsp3) is 0.125. The van der Waals surface area contributed by atoms with E-state index in [-0.39, 0.29) is 11.7 Å². The van der Waals surface area contributed by atoms with Gasteiger partial charge in [0.1, 0.15) is 5.82 Å². The molecule has 3 rings (SSSR count). The first-order chi connectivity index (χ1) is 10.2. The van der Waals surface area contributed by atoms with Crippen LogP contribution in [0.15, 0.2) is 55.0 Å². The number of aromatic nitrogens is 2. The van der Waals surface area contributed by atoms with E-state index < -0.39 is 0 Å². The Balaban J connectivity index is 1.66. The molecule has 3 aromatic rings. The molecule has 21 heavy (non-hydrogen) atoms. The van der Waals surface area contributed by atoms with Crippen molar-refractivity contribution < 1.29 is 9.18 Å². The first-order valence-electron chi connectivity index (χ1n) is 6.67. The Morgan fingerprint density at radius 1 is 1.19 bits per heavy atom. The van der Waals surface area contributed by atoms with Crippen LogP contribution in [0.2, 0.25) is 0 Å². The molecule has 2 aromatic heterocycles. The molecule has 0 spiro atoms. The zero-order valence-corrected chi connectivity index (χ0v) is 11.3. The van der Waals surface area contributed by atoms with Gasteiger partial charge >= 0.3 is 0 Å². The lowest BCUT2D eigenvalue weighted by Gasteiger charge is -2.07. The summed E-state index contributed by atoms with van der Waals surface area (Å²) in [6.45, 7) is 0.504. The minimum absolute atomic E-state index is 0.0838. The van der Waals surface area contributed by atoms with E-state index in [2.05, 4.69) is 10.3 Å². The Morgan fingerprint density at radius 3 is 2.81 bits per heavy atom. The Kier molecular flexibility index (Phi) is 3.64. The van der Waals surface area contributed by atoms with E-state index in [1.54, 1.807) is 30.6 Å². The monoisotopic (exact) mass is 283 g/mol. The molecule has 106 valence electrons. The first-order valence-corrected chi connectivity index (χ1v) is 6.67. The third-order valence-corrected chi connectivity index (χ3v) is 3.28. The number of halogens is 1. The van der Waals surface area contributed by atoms with Crippen molar-refractivity contribution in [1.82, 2.24) is 9.55 Å². The molecule has 0 bridgehead atoms. The molecule has 0 aliphatic rings. The lowest BCUT2D eigenvalue weighted by atomic mass is 10.2. The third-order valence-electron chi connectivity index (χ3n) is 3.28. The van der Waals surface area contributed by atoms with Gasteiger partial charge in [0, 0.05) is 37.2 Å². The zero-order chi connectivity index (χ0) is 14.7. The highest BCUT2D eigenvalue weighted by atomic mass is 19.1. The van der Waals surface area contributed by atoms with E-state index >= 15 is 0 Å². The standard InChI is InChI=1S/C16H14FN3O/c17-13-2-1-12-5-9-20(15(12)11-13)10-6-16(21)19-14-3-7-18-8-4-14/h1-5,7-9,11H,6,10H2,(H,18,19,21). The summed E-state index contributed by atoms with van der Waals surface area (Å²) in [6.07, 6.45) is 5.43. The quantitative estimate of drug-likeness (QED) is 0.799. The van der Waals surface area contributed by atoms with Crippen molar-refractivity contribution in [3.63, 3.8) is 0 Å². The first kappa shape index (κ1) is 13.3. The fourth-order valence-corrected chi connectivity index (χ4v) is 2.23. The largest absolute Gasteiger partial charge is 0.347 e. The minimum atomic E-state index is -0.274. The Bertz CT molecular complexity index is 768. The van der Waals surface area contributed by atoms with Crippen LogP contribution in [-0.4, -0.2) is 15.5 Å². The van der Waals surface area contributed by atoms with Crippen LogP contribution in [-0.2, 0) is 11.3 Å². The summed E-state index contributed by atoms with van der Waals surface area (Å²) < 4.78 is 15.2. The summed E-state index contributed by atoms with van der Waals surface area (Å²) in [7, 11) is 0. The smallest absolute Gasteiger partial charge is 0.226 e. The van der Waals surface area contributed by atoms with Crippen LogP contribution >= 0.6 is 0 Å². The van der Waals surface area contributed by atoms with Crippen LogP contribution in [0.25, 0.3) is 10.9 Å². The van der Waals surface area contributed by atoms with E-state index in [4.69, 9.17) is 0 Å². The number of rotatable bonds is 4. The number of hydrogen-bond acceptors (Lipinski definition) is 2. The van der Waals surface area contributed by atoms with E-state index in [0.717, 1.165) is 16.6 Å². The number of nitrogens with one attached hydrogen (secondary N) is 1. The molecule has 0 saturated heterocycles. The molecular formula is C16H14FN3O. The average molecular weight is 283 g/mol. The number of carbonyl (C=O) groups excluding carboxylic acids is 1. The number of benzene rings is 1. The van der Waals surface area contributed by atoms with Crippen LogP contribution in [0.5, 0.6) is 0 Å². The maximum absolute atomic E-state index is 13.3. The van der Waals surface area contributed by atoms with Gasteiger partial charge in [-0.3, -0.25) is 9.78 Å². The number of nitrogens with zero attached hydrogens (tertiary/aromatic N) is 2. The van der Waals surface area contributed by atoms with Gasteiger partial charge < -0.3 is 9.88 Å². The Labute approximate surface area is 121 Å². The van der Waals surface area contributed by atoms with Crippen molar-refractivity contribution in [3.8, 4) is 0 Å². The van der Waals surface area contributed by atoms with Crippen LogP contribution in [0.4, 0.5) is 10.1 Å². The average Bonchev–Trinajstić information content (AvgIpc) is 2.88. The highest BCUT2D eigenvalue weighted by Crippen LogP contribution is 2.17. The number of anilines is 1. The van der Waals surface area contributed by atoms with Crippen LogP contribution in [0, 0.1) is 5.82 Å². The van der Waals surface area contributed by atoms with E-state index in [1.807, 2.05) is 16.8 Å². The number of amides is 1. The summed E-state index contributed by atoms with van der Waals surface area (Å²) >= 11 is 0. The second-order valence-electron chi connectivity index (χ2n) is 4.75. The van der Waals surface area contributed by atoms with Gasteiger partial charge in [0.05, 0.1) is 5.52 Å². The summed E-state index contributed by atoms with van der Waals surface area (Å²) in [4.78, 5) is 15.8. The summed E-state index contributed by atoms with van der Waals surface area (Å²) in [5.74, 6) is -0.358. The highest BCUT2D eigenvalue weighted by molar-refractivity contribution is 5.90. The van der Waals surface area contributed by atoms with Gasteiger partial charge in [-0.15, -0.1) is 0 Å². The van der Waals surface area contributed by atoms with Crippen LogP contribution < -0.4 is 5.32 Å². The van der Waals surface area contributed by atoms with Gasteiger partial charge in [-0.2, -0.15) is 0 Å². The van der Waals surface area contributed by atoms with Gasteiger partial charge in [-0.25, -0.2) is 4.39 Å². The minimum Gasteiger partial charge on any atom is -0.347 e. The topological polar surface area (TPSA) is 46.9 Å². The highest BCUT2D eigenvalue weighted by Gasteiger charge is 2.06. The molecule has 0 fully saturated rings. The molecule has 0 unspecified atom stereocenters. The van der Waals surface area contributed by atoms with E-state index in [0.29, 0.717) is 13.0 Å². The molecule has 0 radical (unpaired) electrons. The fourth-order valence-electron chi connectivity index (χ4n) is 2.23. The van der Waals surface area contributed by atoms with E-state index in [9.17, 15) is 9.18 Å². The molecule has 4 nitrogen and oxygen atoms in total. The van der Waals surface area contributed by atoms with Crippen molar-refractivity contribution in [2.24, 2.45) is 0 Å². The number of aryl methyl sites for hydroxylation is 1. The number of hydrogen-bond donors (Lipinski definition) is 1. The van der Waals surface area contributed by atoms with Gasteiger partial charge in [0.25, 0.3) is 0 Å². The van der Waals surface area contributed by atoms with Gasteiger partial charge in [-0.1, -0.05) is 0 Å². The number of pyridine rings is 1. The van der Waals surface area contributed by atoms with Gasteiger partial charge in [0.2, 0.25) is 5.91 Å². The molecule has 1 N–H and O–H groups in total. The van der Waals surface area contributed by atoms with E-state index in [1.165, 1.54) is 12.1 Å². The third kappa shape index (κ3) is 3.08. The predicted octanol–water partition coefficient (Wildman–Crippen LogP) is 3.20. The van der Waals surface area contributed by atoms with Crippen molar-refractivity contribution in [2.75, 3.05) is 5.32 Å². The Hall–Kier alpha value is -2.69. The summed E-state index contributed by atoms with van der Waals surface area (Å²) in [6, 6.07) is 10.0. The Morgan fingerprint density at radius 2 is 2.00 bits per heavy atom. The summed E-state index contributed by atoms with van der Waals surface area (Å²) in [5, 5.41) is 3.76. The maximum Gasteiger partial charge on any atom is 0.226 e. The lowest BCUT2D eigenvalue weighted by Crippen LogP contribution is -2.14. The van der Waals surface area contributed by atoms with Crippen molar-refractivity contribution >= 4 is 22.5 Å². The van der Waals surface area contributed by atoms with Crippen LogP contribution in [0.3, 0.4) is 0 Å². The SMILES string of the molecule is O=C(CCn1ccc2ccc(F)cc21)Nc1ccncc1. The second kappa shape index (κ2) is 5.75. The maximum atomic E-state index is 13.3. The lowest BCUT2D eigenvalue weighted by molar-refractivity contribution is -0.116. The zero-order valence-electron chi connectivity index (χ0n) is 11.3. The van der Waals surface area contributed by atoms with Crippen molar-refractivity contribution in [1.29, 1.82) is 0 Å². The molecule has 0 saturated carbocycles. The molecular weight excluding hydrogens is 269 g/mol. The molecule has 1 aromatic carbocycles. The molecule has 0 aliphatic heterocycles. The molecule has 1 amide bonds. The molecule has 5 heteroatoms. The molecule has 2 heterocycles. The molecule has 0 aliphatic carbocycles. The summed E-state index contributed by atoms with van der Waals surface area (Å²) in [5.41, 5.74) is 1.52. The number of carbonyl (C=O) groups is 1. The van der Waals surface area contributed by atoms with Gasteiger partial charge in [-0.05, 0) is 41.8 Å². The van der Waals surface area contributed by atoms with Crippen LogP contribution in [0.1, 0.15) is 6.42 Å². The van der Waals surface area contributed by atoms with Crippen molar-refractivity contribution in [3.05, 3.63) is 60.8 Å². The predicted molar refractivity (Wildman–Crippen MR) is 79.4 cm³/mol. The second-order valence-corrected chi connectivity index (χ2v) is 4.75. The normalized spacial score (nSPS) is 10.7.